The standard InChI is InChI=1S/C12H14FN3OS/c1-2-17-10-4-3-8(7-9(10)13)12-16-15-11(18-12)5-6-14/h3-4,7H,2,5-6,14H2,1H3. The van der Waals surface area contributed by atoms with Crippen LogP contribution in [0.15, 0.2) is 18.2 Å². The Kier molecular flexibility index (Phi) is 4.22. The maximum Gasteiger partial charge on any atom is 0.165 e. The quantitative estimate of drug-likeness (QED) is 0.902. The van der Waals surface area contributed by atoms with Gasteiger partial charge in [0.15, 0.2) is 11.6 Å². The SMILES string of the molecule is CCOc1ccc(-c2nnc(CCN)s2)cc1F. The van der Waals surface area contributed by atoms with Crippen molar-refractivity contribution < 1.29 is 9.13 Å². The van der Waals surface area contributed by atoms with E-state index in [0.717, 1.165) is 5.01 Å². The molecule has 2 rings (SSSR count). The number of nitrogens with zero attached hydrogens (tertiary/aromatic N) is 2. The van der Waals surface area contributed by atoms with Crippen molar-refractivity contribution in [3.8, 4) is 16.3 Å². The Labute approximate surface area is 109 Å². The highest BCUT2D eigenvalue weighted by Gasteiger charge is 2.10. The molecule has 0 saturated carbocycles. The predicted molar refractivity (Wildman–Crippen MR) is 69.2 cm³/mol. The van der Waals surface area contributed by atoms with Gasteiger partial charge in [-0.3, -0.25) is 0 Å². The molecular formula is C12H14FN3OS. The fourth-order valence-electron chi connectivity index (χ4n) is 1.50. The third kappa shape index (κ3) is 2.83. The van der Waals surface area contributed by atoms with Crippen LogP contribution in [-0.4, -0.2) is 23.3 Å². The van der Waals surface area contributed by atoms with Crippen LogP contribution in [0.5, 0.6) is 5.75 Å². The van der Waals surface area contributed by atoms with Gasteiger partial charge in [0.2, 0.25) is 0 Å². The van der Waals surface area contributed by atoms with E-state index in [2.05, 4.69) is 10.2 Å². The molecule has 0 unspecified atom stereocenters. The summed E-state index contributed by atoms with van der Waals surface area (Å²) in [5.74, 6) is -0.127. The van der Waals surface area contributed by atoms with Gasteiger partial charge in [-0.25, -0.2) is 4.39 Å². The molecule has 0 aliphatic carbocycles. The summed E-state index contributed by atoms with van der Waals surface area (Å²) < 4.78 is 18.8. The molecule has 1 aromatic carbocycles. The van der Waals surface area contributed by atoms with E-state index in [1.54, 1.807) is 12.1 Å². The molecule has 96 valence electrons. The van der Waals surface area contributed by atoms with Crippen LogP contribution < -0.4 is 10.5 Å². The number of ether oxygens (including phenoxy) is 1. The zero-order valence-corrected chi connectivity index (χ0v) is 10.8. The lowest BCUT2D eigenvalue weighted by molar-refractivity contribution is 0.321. The first-order valence-electron chi connectivity index (χ1n) is 5.69. The third-order valence-electron chi connectivity index (χ3n) is 2.30. The van der Waals surface area contributed by atoms with Crippen molar-refractivity contribution in [1.29, 1.82) is 0 Å². The third-order valence-corrected chi connectivity index (χ3v) is 3.34. The molecular weight excluding hydrogens is 253 g/mol. The highest BCUT2D eigenvalue weighted by Crippen LogP contribution is 2.27. The molecule has 0 saturated heterocycles. The topological polar surface area (TPSA) is 61.0 Å². The molecule has 0 fully saturated rings. The van der Waals surface area contributed by atoms with Gasteiger partial charge >= 0.3 is 0 Å². The number of hydrogen-bond donors (Lipinski definition) is 1. The normalized spacial score (nSPS) is 10.6. The fourth-order valence-corrected chi connectivity index (χ4v) is 2.35. The maximum absolute atomic E-state index is 13.7. The van der Waals surface area contributed by atoms with Crippen LogP contribution in [0.3, 0.4) is 0 Å². The van der Waals surface area contributed by atoms with Gasteiger partial charge in [0, 0.05) is 12.0 Å². The number of benzene rings is 1. The molecule has 1 aromatic heterocycles. The monoisotopic (exact) mass is 267 g/mol. The zero-order valence-electron chi connectivity index (χ0n) is 10.0. The van der Waals surface area contributed by atoms with Crippen molar-refractivity contribution in [3.63, 3.8) is 0 Å². The minimum atomic E-state index is -0.384. The first kappa shape index (κ1) is 12.9. The van der Waals surface area contributed by atoms with Crippen LogP contribution in [0.2, 0.25) is 0 Å². The molecule has 6 heteroatoms. The van der Waals surface area contributed by atoms with Crippen molar-refractivity contribution in [2.24, 2.45) is 5.73 Å². The maximum atomic E-state index is 13.7. The van der Waals surface area contributed by atoms with Gasteiger partial charge in [-0.05, 0) is 31.7 Å². The molecule has 0 aliphatic heterocycles. The van der Waals surface area contributed by atoms with Gasteiger partial charge in [0.25, 0.3) is 0 Å². The molecule has 0 amide bonds. The second kappa shape index (κ2) is 5.88. The Morgan fingerprint density at radius 3 is 2.89 bits per heavy atom. The Morgan fingerprint density at radius 2 is 2.22 bits per heavy atom. The Hall–Kier alpha value is -1.53. The first-order valence-corrected chi connectivity index (χ1v) is 6.51. The minimum Gasteiger partial charge on any atom is -0.491 e. The summed E-state index contributed by atoms with van der Waals surface area (Å²) in [7, 11) is 0. The number of hydrogen-bond acceptors (Lipinski definition) is 5. The Morgan fingerprint density at radius 1 is 1.39 bits per heavy atom. The van der Waals surface area contributed by atoms with Gasteiger partial charge < -0.3 is 10.5 Å². The molecule has 0 bridgehead atoms. The van der Waals surface area contributed by atoms with E-state index in [9.17, 15) is 4.39 Å². The second-order valence-corrected chi connectivity index (χ2v) is 4.68. The van der Waals surface area contributed by atoms with Gasteiger partial charge in [-0.2, -0.15) is 0 Å². The summed E-state index contributed by atoms with van der Waals surface area (Å²) in [5.41, 5.74) is 6.15. The smallest absolute Gasteiger partial charge is 0.165 e. The van der Waals surface area contributed by atoms with E-state index < -0.39 is 0 Å². The van der Waals surface area contributed by atoms with E-state index in [-0.39, 0.29) is 11.6 Å². The van der Waals surface area contributed by atoms with Gasteiger partial charge in [0.1, 0.15) is 10.0 Å². The lowest BCUT2D eigenvalue weighted by Crippen LogP contribution is -2.01. The average molecular weight is 267 g/mol. The van der Waals surface area contributed by atoms with Crippen molar-refractivity contribution in [2.45, 2.75) is 13.3 Å². The van der Waals surface area contributed by atoms with Crippen molar-refractivity contribution in [3.05, 3.63) is 29.0 Å². The molecule has 2 N–H and O–H groups in total. The summed E-state index contributed by atoms with van der Waals surface area (Å²) in [6.45, 7) is 2.79. The molecule has 18 heavy (non-hydrogen) atoms. The molecule has 0 spiro atoms. The lowest BCUT2D eigenvalue weighted by Gasteiger charge is -2.04. The van der Waals surface area contributed by atoms with E-state index in [1.807, 2.05) is 6.92 Å². The molecule has 0 radical (unpaired) electrons. The summed E-state index contributed by atoms with van der Waals surface area (Å²) >= 11 is 1.43. The van der Waals surface area contributed by atoms with Gasteiger partial charge in [-0.15, -0.1) is 10.2 Å². The van der Waals surface area contributed by atoms with Crippen LogP contribution in [0.4, 0.5) is 4.39 Å². The highest BCUT2D eigenvalue weighted by atomic mass is 32.1. The van der Waals surface area contributed by atoms with E-state index >= 15 is 0 Å². The molecule has 4 nitrogen and oxygen atoms in total. The predicted octanol–water partition coefficient (Wildman–Crippen LogP) is 2.24. The second-order valence-electron chi connectivity index (χ2n) is 3.62. The van der Waals surface area contributed by atoms with E-state index in [0.29, 0.717) is 30.1 Å². The number of aromatic nitrogens is 2. The molecule has 2 aromatic rings. The summed E-state index contributed by atoms with van der Waals surface area (Å²) in [6.07, 6.45) is 0.692. The van der Waals surface area contributed by atoms with E-state index in [1.165, 1.54) is 17.4 Å². The number of rotatable bonds is 5. The largest absolute Gasteiger partial charge is 0.491 e. The summed E-state index contributed by atoms with van der Waals surface area (Å²) in [6, 6.07) is 4.80. The zero-order chi connectivity index (χ0) is 13.0. The molecule has 0 aliphatic rings. The van der Waals surface area contributed by atoms with Crippen molar-refractivity contribution in [2.75, 3.05) is 13.2 Å². The fraction of sp³-hybridized carbons (Fsp3) is 0.333. The molecule has 0 atom stereocenters. The summed E-state index contributed by atoms with van der Waals surface area (Å²) in [5, 5.41) is 9.59. The average Bonchev–Trinajstić information content (AvgIpc) is 2.81. The van der Waals surface area contributed by atoms with E-state index in [4.69, 9.17) is 10.5 Å². The van der Waals surface area contributed by atoms with Crippen molar-refractivity contribution >= 4 is 11.3 Å². The Bertz CT molecular complexity index is 530. The number of nitrogens with two attached hydrogens (primary N) is 1. The van der Waals surface area contributed by atoms with Crippen molar-refractivity contribution in [1.82, 2.24) is 10.2 Å². The molecule has 1 heterocycles. The number of halogens is 1. The van der Waals surface area contributed by atoms with Gasteiger partial charge in [0.05, 0.1) is 6.61 Å². The highest BCUT2D eigenvalue weighted by molar-refractivity contribution is 7.14. The van der Waals surface area contributed by atoms with Crippen LogP contribution in [-0.2, 0) is 6.42 Å². The van der Waals surface area contributed by atoms with Gasteiger partial charge in [-0.1, -0.05) is 11.3 Å². The van der Waals surface area contributed by atoms with Crippen LogP contribution in [0.1, 0.15) is 11.9 Å². The Balaban J connectivity index is 2.24. The lowest BCUT2D eigenvalue weighted by atomic mass is 10.2. The summed E-state index contributed by atoms with van der Waals surface area (Å²) in [4.78, 5) is 0. The minimum absolute atomic E-state index is 0.257. The van der Waals surface area contributed by atoms with Crippen LogP contribution >= 0.6 is 11.3 Å². The van der Waals surface area contributed by atoms with Crippen LogP contribution in [0.25, 0.3) is 10.6 Å². The first-order chi connectivity index (χ1) is 8.74. The van der Waals surface area contributed by atoms with Crippen LogP contribution in [0, 0.1) is 5.82 Å².